The van der Waals surface area contributed by atoms with Gasteiger partial charge in [0.25, 0.3) is 15.9 Å². The maximum absolute atomic E-state index is 13.4. The van der Waals surface area contributed by atoms with Crippen molar-refractivity contribution in [1.82, 2.24) is 30.5 Å². The Morgan fingerprint density at radius 3 is 2.40 bits per heavy atom. The van der Waals surface area contributed by atoms with E-state index in [-0.39, 0.29) is 22.7 Å². The molecule has 0 saturated carbocycles. The Morgan fingerprint density at radius 1 is 0.905 bits per heavy atom. The number of aromatic nitrogens is 5. The number of hydrogen-bond acceptors (Lipinski definition) is 8. The number of pyridine rings is 1. The average molecular weight is 580 g/mol. The molecule has 12 heteroatoms. The van der Waals surface area contributed by atoms with Crippen molar-refractivity contribution in [3.63, 3.8) is 0 Å². The lowest BCUT2D eigenvalue weighted by Gasteiger charge is -2.15. The number of imidazole rings is 1. The van der Waals surface area contributed by atoms with Crippen molar-refractivity contribution in [3.8, 4) is 11.4 Å². The maximum atomic E-state index is 13.4. The molecule has 0 aliphatic carbocycles. The quantitative estimate of drug-likeness (QED) is 0.207. The lowest BCUT2D eigenvalue weighted by atomic mass is 10.0. The molecule has 0 aliphatic heterocycles. The summed E-state index contributed by atoms with van der Waals surface area (Å²) in [5, 5.41) is 10.9. The number of sulfonamides is 1. The molecule has 0 fully saturated rings. The summed E-state index contributed by atoms with van der Waals surface area (Å²) >= 11 is 0. The van der Waals surface area contributed by atoms with Gasteiger partial charge in [0.05, 0.1) is 15.9 Å². The second-order valence-corrected chi connectivity index (χ2v) is 11.1. The van der Waals surface area contributed by atoms with Gasteiger partial charge in [-0.2, -0.15) is 0 Å². The smallest absolute Gasteiger partial charge is 0.329 e. The Balaban J connectivity index is 1.23. The van der Waals surface area contributed by atoms with Gasteiger partial charge < -0.3 is 14.7 Å². The third-order valence-electron chi connectivity index (χ3n) is 6.58. The topological polar surface area (TPSA) is 156 Å². The Kier molecular flexibility index (Phi) is 7.43. The van der Waals surface area contributed by atoms with E-state index in [9.17, 15) is 13.2 Å². The molecule has 3 N–H and O–H groups in total. The largest absolute Gasteiger partial charge is 0.405 e. The molecule has 0 radical (unpaired) electrons. The molecule has 210 valence electrons. The number of benzene rings is 3. The number of nitrogens with zero attached hydrogens (tertiary/aromatic N) is 4. The molecule has 0 bridgehead atoms. The minimum Gasteiger partial charge on any atom is -0.405 e. The number of hydrogen-bond donors (Lipinski definition) is 3. The number of aryl methyl sites for hydroxylation is 1. The molecular formula is C30H25N7O4S. The lowest BCUT2D eigenvalue weighted by Crippen LogP contribution is -2.29. The highest BCUT2D eigenvalue weighted by molar-refractivity contribution is 7.92. The van der Waals surface area contributed by atoms with E-state index in [1.807, 2.05) is 42.5 Å². The van der Waals surface area contributed by atoms with Gasteiger partial charge in [0, 0.05) is 23.5 Å². The van der Waals surface area contributed by atoms with Crippen LogP contribution in [0, 0.1) is 0 Å². The fourth-order valence-corrected chi connectivity index (χ4v) is 5.39. The molecule has 0 saturated heterocycles. The molecule has 3 aromatic heterocycles. The van der Waals surface area contributed by atoms with Crippen LogP contribution in [0.15, 0.2) is 113 Å². The predicted molar refractivity (Wildman–Crippen MR) is 156 cm³/mol. The third kappa shape index (κ3) is 6.03. The number of anilines is 1. The monoisotopic (exact) mass is 579 g/mol. The highest BCUT2D eigenvalue weighted by Gasteiger charge is 2.24. The molecule has 3 heterocycles. The highest BCUT2D eigenvalue weighted by atomic mass is 32.2. The summed E-state index contributed by atoms with van der Waals surface area (Å²) in [7, 11) is -3.93. The summed E-state index contributed by atoms with van der Waals surface area (Å²) in [6.45, 7) is 0. The predicted octanol–water partition coefficient (Wildman–Crippen LogP) is 4.91. The molecule has 6 aromatic rings. The van der Waals surface area contributed by atoms with Crippen LogP contribution in [0.2, 0.25) is 0 Å². The zero-order chi connectivity index (χ0) is 28.9. The number of carbonyl (C=O) groups is 1. The molecule has 1 atom stereocenters. The molecular weight excluding hydrogens is 554 g/mol. The number of aromatic amines is 1. The molecule has 11 nitrogen and oxygen atoms in total. The molecule has 1 amide bonds. The van der Waals surface area contributed by atoms with Crippen molar-refractivity contribution >= 4 is 33.0 Å². The van der Waals surface area contributed by atoms with Crippen LogP contribution in [0.25, 0.3) is 22.4 Å². The standard InChI is InChI=1S/C30H25N7O4S/c38-28(22-12-14-24-26(19-22)33-27(32-24)21-15-17-31-18-16-21)34-25(13-11-20-7-3-1-4-8-20)29-35-36-30(41-29)37-42(39,40)23-9-5-2-6-10-23/h1-10,12,14-19,25H,11,13H2,(H,32,33)(H,34,38)(H,36,37). The zero-order valence-electron chi connectivity index (χ0n) is 22.1. The fourth-order valence-electron chi connectivity index (χ4n) is 4.44. The first-order valence-corrected chi connectivity index (χ1v) is 14.6. The van der Waals surface area contributed by atoms with Gasteiger partial charge in [0.15, 0.2) is 0 Å². The molecule has 1 unspecified atom stereocenters. The minimum absolute atomic E-state index is 0.0555. The summed E-state index contributed by atoms with van der Waals surface area (Å²) in [4.78, 5) is 25.4. The van der Waals surface area contributed by atoms with Gasteiger partial charge in [0.1, 0.15) is 11.9 Å². The summed E-state index contributed by atoms with van der Waals surface area (Å²) in [6.07, 6.45) is 4.41. The van der Waals surface area contributed by atoms with E-state index in [0.717, 1.165) is 11.1 Å². The van der Waals surface area contributed by atoms with E-state index >= 15 is 0 Å². The lowest BCUT2D eigenvalue weighted by molar-refractivity contribution is 0.0928. The SMILES string of the molecule is O=C(NC(CCc1ccccc1)c1nnc(NS(=O)(=O)c2ccccc2)o1)c1ccc2nc(-c3ccncc3)[nH]c2c1. The third-order valence-corrected chi connectivity index (χ3v) is 7.92. The van der Waals surface area contributed by atoms with Crippen LogP contribution in [-0.4, -0.2) is 39.5 Å². The Morgan fingerprint density at radius 2 is 1.64 bits per heavy atom. The Labute approximate surface area is 241 Å². The fraction of sp³-hybridized carbons (Fsp3) is 0.100. The second kappa shape index (κ2) is 11.6. The van der Waals surface area contributed by atoms with E-state index in [1.165, 1.54) is 12.1 Å². The minimum atomic E-state index is -3.93. The van der Waals surface area contributed by atoms with Gasteiger partial charge in [-0.3, -0.25) is 9.78 Å². The van der Waals surface area contributed by atoms with Gasteiger partial charge in [-0.05, 0) is 60.9 Å². The summed E-state index contributed by atoms with van der Waals surface area (Å²) in [6, 6.07) is 25.5. The molecule has 6 rings (SSSR count). The second-order valence-electron chi connectivity index (χ2n) is 9.47. The van der Waals surface area contributed by atoms with Crippen molar-refractivity contribution in [2.75, 3.05) is 4.72 Å². The van der Waals surface area contributed by atoms with E-state index in [1.54, 1.807) is 48.8 Å². The summed E-state index contributed by atoms with van der Waals surface area (Å²) in [5.74, 6) is 0.384. The first-order chi connectivity index (χ1) is 20.4. The maximum Gasteiger partial charge on any atom is 0.329 e. The Bertz CT molecular complexity index is 1930. The van der Waals surface area contributed by atoms with Crippen molar-refractivity contribution < 1.29 is 17.6 Å². The van der Waals surface area contributed by atoms with Crippen LogP contribution >= 0.6 is 0 Å². The number of nitrogens with one attached hydrogen (secondary N) is 3. The number of carbonyl (C=O) groups excluding carboxylic acids is 1. The van der Waals surface area contributed by atoms with Gasteiger partial charge in [-0.15, -0.1) is 5.10 Å². The van der Waals surface area contributed by atoms with Crippen LogP contribution in [-0.2, 0) is 16.4 Å². The normalized spacial score (nSPS) is 12.2. The van der Waals surface area contributed by atoms with E-state index < -0.39 is 16.1 Å². The van der Waals surface area contributed by atoms with Crippen molar-refractivity contribution in [2.45, 2.75) is 23.8 Å². The highest BCUT2D eigenvalue weighted by Crippen LogP contribution is 2.24. The first-order valence-electron chi connectivity index (χ1n) is 13.1. The molecule has 42 heavy (non-hydrogen) atoms. The number of rotatable bonds is 10. The summed E-state index contributed by atoms with van der Waals surface area (Å²) < 4.78 is 33.5. The van der Waals surface area contributed by atoms with E-state index in [0.29, 0.717) is 35.3 Å². The van der Waals surface area contributed by atoms with Crippen LogP contribution in [0.4, 0.5) is 6.01 Å². The summed E-state index contributed by atoms with van der Waals surface area (Å²) in [5.41, 5.74) is 3.76. The van der Waals surface area contributed by atoms with Crippen LogP contribution in [0.3, 0.4) is 0 Å². The zero-order valence-corrected chi connectivity index (χ0v) is 23.0. The van der Waals surface area contributed by atoms with E-state index in [4.69, 9.17) is 4.42 Å². The van der Waals surface area contributed by atoms with E-state index in [2.05, 4.69) is 35.2 Å². The van der Waals surface area contributed by atoms with Gasteiger partial charge in [0.2, 0.25) is 5.89 Å². The van der Waals surface area contributed by atoms with Crippen LogP contribution in [0.1, 0.15) is 34.3 Å². The molecule has 0 spiro atoms. The van der Waals surface area contributed by atoms with Crippen molar-refractivity contribution in [1.29, 1.82) is 0 Å². The average Bonchev–Trinajstić information content (AvgIpc) is 3.67. The first kappa shape index (κ1) is 26.8. The van der Waals surface area contributed by atoms with Crippen LogP contribution < -0.4 is 10.0 Å². The van der Waals surface area contributed by atoms with Gasteiger partial charge in [-0.25, -0.2) is 18.1 Å². The number of amides is 1. The molecule has 3 aromatic carbocycles. The van der Waals surface area contributed by atoms with Crippen LogP contribution in [0.5, 0.6) is 0 Å². The van der Waals surface area contributed by atoms with Crippen molar-refractivity contribution in [2.24, 2.45) is 0 Å². The van der Waals surface area contributed by atoms with Crippen molar-refractivity contribution in [3.05, 3.63) is 120 Å². The van der Waals surface area contributed by atoms with Gasteiger partial charge >= 0.3 is 6.01 Å². The molecule has 0 aliphatic rings. The Hall–Kier alpha value is -5.36. The van der Waals surface area contributed by atoms with Gasteiger partial charge in [-0.1, -0.05) is 53.6 Å². The number of fused-ring (bicyclic) bond motifs is 1. The number of H-pyrrole nitrogens is 1.